The van der Waals surface area contributed by atoms with Gasteiger partial charge in [0.25, 0.3) is 0 Å². The molecule has 0 aromatic heterocycles. The molecule has 0 N–H and O–H groups in total. The molecule has 1 atom stereocenters. The average Bonchev–Trinajstić information content (AvgIpc) is 3.11. The van der Waals surface area contributed by atoms with Crippen LogP contribution in [0.15, 0.2) is 52.3 Å². The average molecular weight is 423 g/mol. The van der Waals surface area contributed by atoms with E-state index >= 15 is 0 Å². The van der Waals surface area contributed by atoms with E-state index in [-0.39, 0.29) is 15.8 Å². The molecule has 2 aromatic rings. The van der Waals surface area contributed by atoms with Crippen LogP contribution < -0.4 is 0 Å². The molecule has 0 saturated carbocycles. The van der Waals surface area contributed by atoms with Gasteiger partial charge in [-0.05, 0) is 56.5 Å². The minimum Gasteiger partial charge on any atom is -0.207 e. The number of aryl methyl sites for hydroxylation is 2. The normalized spacial score (nSPS) is 18.7. The quantitative estimate of drug-likeness (QED) is 0.742. The van der Waals surface area contributed by atoms with E-state index in [0.29, 0.717) is 6.54 Å². The molecule has 1 fully saturated rings. The lowest BCUT2D eigenvalue weighted by atomic mass is 10.0. The van der Waals surface area contributed by atoms with Crippen LogP contribution in [0.5, 0.6) is 0 Å². The molecule has 1 aliphatic heterocycles. The van der Waals surface area contributed by atoms with Crippen LogP contribution in [0.1, 0.15) is 35.6 Å². The molecule has 0 bridgehead atoms. The Kier molecular flexibility index (Phi) is 5.69. The summed E-state index contributed by atoms with van der Waals surface area (Å²) in [6.07, 6.45) is 1.57. The molecule has 0 aliphatic carbocycles. The van der Waals surface area contributed by atoms with Gasteiger partial charge in [0.1, 0.15) is 0 Å². The molecule has 3 rings (SSSR count). The largest absolute Gasteiger partial charge is 0.243 e. The second kappa shape index (κ2) is 7.59. The molecule has 0 radical (unpaired) electrons. The van der Waals surface area contributed by atoms with Crippen molar-refractivity contribution in [1.82, 2.24) is 8.61 Å². The summed E-state index contributed by atoms with van der Waals surface area (Å²) in [7, 11) is -4.43. The third-order valence-electron chi connectivity index (χ3n) is 5.04. The number of sulfonamides is 2. The Morgan fingerprint density at radius 3 is 1.96 bits per heavy atom. The third kappa shape index (κ3) is 3.87. The maximum absolute atomic E-state index is 13.2. The van der Waals surface area contributed by atoms with Gasteiger partial charge in [-0.1, -0.05) is 29.3 Å². The number of hydrogen-bond acceptors (Lipinski definition) is 4. The summed E-state index contributed by atoms with van der Waals surface area (Å²) >= 11 is 0. The van der Waals surface area contributed by atoms with E-state index in [1.807, 2.05) is 26.0 Å². The van der Waals surface area contributed by atoms with Gasteiger partial charge in [-0.3, -0.25) is 0 Å². The van der Waals surface area contributed by atoms with E-state index in [4.69, 9.17) is 0 Å². The van der Waals surface area contributed by atoms with Crippen LogP contribution in [0.2, 0.25) is 0 Å². The van der Waals surface area contributed by atoms with Gasteiger partial charge in [0.15, 0.2) is 0 Å². The summed E-state index contributed by atoms with van der Waals surface area (Å²) in [5, 5.41) is 0. The minimum atomic E-state index is -3.72. The van der Waals surface area contributed by atoms with E-state index in [2.05, 4.69) is 6.07 Å². The highest BCUT2D eigenvalue weighted by molar-refractivity contribution is 7.89. The fourth-order valence-corrected chi connectivity index (χ4v) is 6.28. The molecule has 0 amide bonds. The highest BCUT2D eigenvalue weighted by Crippen LogP contribution is 2.37. The number of benzene rings is 2. The lowest BCUT2D eigenvalue weighted by Crippen LogP contribution is -2.31. The zero-order valence-electron chi connectivity index (χ0n) is 16.6. The van der Waals surface area contributed by atoms with Crippen LogP contribution >= 0.6 is 0 Å². The summed E-state index contributed by atoms with van der Waals surface area (Å²) in [6.45, 7) is 4.47. The highest BCUT2D eigenvalue weighted by atomic mass is 32.2. The van der Waals surface area contributed by atoms with Crippen molar-refractivity contribution in [3.05, 3.63) is 59.2 Å². The Bertz CT molecular complexity index is 1060. The first-order valence-electron chi connectivity index (χ1n) is 9.16. The Balaban J connectivity index is 1.95. The fourth-order valence-electron chi connectivity index (χ4n) is 3.69. The van der Waals surface area contributed by atoms with Crippen LogP contribution in [0.4, 0.5) is 0 Å². The van der Waals surface area contributed by atoms with Crippen molar-refractivity contribution in [2.45, 2.75) is 42.5 Å². The molecule has 6 nitrogen and oxygen atoms in total. The molecule has 152 valence electrons. The third-order valence-corrected chi connectivity index (χ3v) is 8.79. The van der Waals surface area contributed by atoms with E-state index in [9.17, 15) is 16.8 Å². The molecule has 28 heavy (non-hydrogen) atoms. The Morgan fingerprint density at radius 2 is 1.43 bits per heavy atom. The molecular weight excluding hydrogens is 396 g/mol. The van der Waals surface area contributed by atoms with Crippen molar-refractivity contribution in [2.24, 2.45) is 0 Å². The number of hydrogen-bond donors (Lipinski definition) is 0. The first-order chi connectivity index (χ1) is 13.0. The van der Waals surface area contributed by atoms with Gasteiger partial charge in [-0.15, -0.1) is 0 Å². The van der Waals surface area contributed by atoms with E-state index in [1.54, 1.807) is 0 Å². The summed E-state index contributed by atoms with van der Waals surface area (Å²) in [4.78, 5) is 0.185. The summed E-state index contributed by atoms with van der Waals surface area (Å²) in [5.74, 6) is 0. The molecule has 1 aliphatic rings. The van der Waals surface area contributed by atoms with Gasteiger partial charge < -0.3 is 0 Å². The maximum Gasteiger partial charge on any atom is 0.243 e. The van der Waals surface area contributed by atoms with Gasteiger partial charge in [-0.2, -0.15) is 4.31 Å². The molecular formula is C20H26N2O4S2. The lowest BCUT2D eigenvalue weighted by molar-refractivity contribution is 0.396. The van der Waals surface area contributed by atoms with Crippen LogP contribution in [0.25, 0.3) is 0 Å². The van der Waals surface area contributed by atoms with Crippen molar-refractivity contribution in [1.29, 1.82) is 0 Å². The summed E-state index contributed by atoms with van der Waals surface area (Å²) in [6, 6.07) is 11.4. The van der Waals surface area contributed by atoms with Crippen molar-refractivity contribution in [3.8, 4) is 0 Å². The van der Waals surface area contributed by atoms with Crippen molar-refractivity contribution < 1.29 is 16.8 Å². The summed E-state index contributed by atoms with van der Waals surface area (Å²) in [5.41, 5.74) is 3.22. The monoisotopic (exact) mass is 422 g/mol. The smallest absolute Gasteiger partial charge is 0.207 e. The first-order valence-corrected chi connectivity index (χ1v) is 12.0. The Hall–Kier alpha value is -1.74. The van der Waals surface area contributed by atoms with Crippen LogP contribution in [0.3, 0.4) is 0 Å². The van der Waals surface area contributed by atoms with Crippen LogP contribution in [-0.2, 0) is 20.0 Å². The van der Waals surface area contributed by atoms with E-state index in [1.165, 1.54) is 42.7 Å². The molecule has 1 heterocycles. The Morgan fingerprint density at radius 1 is 0.893 bits per heavy atom. The molecule has 2 aromatic carbocycles. The van der Waals surface area contributed by atoms with Gasteiger partial charge in [0, 0.05) is 20.6 Å². The number of nitrogens with zero attached hydrogens (tertiary/aromatic N) is 2. The minimum absolute atomic E-state index is 0.0729. The van der Waals surface area contributed by atoms with E-state index < -0.39 is 20.0 Å². The zero-order chi connectivity index (χ0) is 20.7. The summed E-state index contributed by atoms with van der Waals surface area (Å²) < 4.78 is 53.6. The van der Waals surface area contributed by atoms with Crippen LogP contribution in [-0.4, -0.2) is 46.1 Å². The molecule has 1 saturated heterocycles. The predicted molar refractivity (Wildman–Crippen MR) is 109 cm³/mol. The first kappa shape index (κ1) is 21.0. The van der Waals surface area contributed by atoms with Crippen molar-refractivity contribution in [2.75, 3.05) is 20.6 Å². The standard InChI is InChI=1S/C20H26N2O4S2/c1-15-12-16(2)14-17(13-15)20-6-5-11-22(20)28(25,26)19-9-7-18(8-10-19)27(23,24)21(3)4/h7-10,12-14,20H,5-6,11H2,1-4H3. The molecule has 1 unspecified atom stereocenters. The Labute approximate surface area is 167 Å². The predicted octanol–water partition coefficient (Wildman–Crippen LogP) is 3.08. The molecule has 0 spiro atoms. The van der Waals surface area contributed by atoms with Gasteiger partial charge >= 0.3 is 0 Å². The topological polar surface area (TPSA) is 74.8 Å². The van der Waals surface area contributed by atoms with Crippen molar-refractivity contribution >= 4 is 20.0 Å². The second-order valence-corrected chi connectivity index (χ2v) is 11.5. The van der Waals surface area contributed by atoms with Gasteiger partial charge in [0.05, 0.1) is 15.8 Å². The number of rotatable bonds is 5. The maximum atomic E-state index is 13.2. The molecule has 8 heteroatoms. The second-order valence-electron chi connectivity index (χ2n) is 7.45. The SMILES string of the molecule is Cc1cc(C)cc(C2CCCN2S(=O)(=O)c2ccc(S(=O)(=O)N(C)C)cc2)c1. The van der Waals surface area contributed by atoms with Crippen LogP contribution in [0, 0.1) is 13.8 Å². The van der Waals surface area contributed by atoms with E-state index in [0.717, 1.165) is 33.8 Å². The van der Waals surface area contributed by atoms with Crippen molar-refractivity contribution in [3.63, 3.8) is 0 Å². The fraction of sp³-hybridized carbons (Fsp3) is 0.400. The zero-order valence-corrected chi connectivity index (χ0v) is 18.2. The van der Waals surface area contributed by atoms with Gasteiger partial charge in [-0.25, -0.2) is 21.1 Å². The van der Waals surface area contributed by atoms with Gasteiger partial charge in [0.2, 0.25) is 20.0 Å². The lowest BCUT2D eigenvalue weighted by Gasteiger charge is -2.25. The highest BCUT2D eigenvalue weighted by Gasteiger charge is 2.36.